The van der Waals surface area contributed by atoms with Crippen molar-refractivity contribution in [2.24, 2.45) is 5.84 Å². The largest absolute Gasteiger partial charge is 0.459 e. The van der Waals surface area contributed by atoms with Crippen LogP contribution in [0.4, 0.5) is 0 Å². The van der Waals surface area contributed by atoms with Crippen molar-refractivity contribution in [1.29, 1.82) is 0 Å². The Kier molecular flexibility index (Phi) is 4.69. The Hall–Kier alpha value is -0.970. The Morgan fingerprint density at radius 1 is 1.39 bits per heavy atom. The van der Waals surface area contributed by atoms with Gasteiger partial charge in [-0.2, -0.15) is 11.8 Å². The Morgan fingerprint density at radius 2 is 2.22 bits per heavy atom. The molecule has 18 heavy (non-hydrogen) atoms. The lowest BCUT2D eigenvalue weighted by atomic mass is 10.1. The van der Waals surface area contributed by atoms with E-state index in [0.29, 0.717) is 0 Å². The Morgan fingerprint density at radius 3 is 2.94 bits per heavy atom. The van der Waals surface area contributed by atoms with Gasteiger partial charge in [-0.25, -0.2) is 5.43 Å². The average molecular weight is 264 g/mol. The minimum atomic E-state index is 0.0780. The van der Waals surface area contributed by atoms with Crippen LogP contribution in [0, 0.1) is 6.92 Å². The fourth-order valence-corrected chi connectivity index (χ4v) is 2.86. The summed E-state index contributed by atoms with van der Waals surface area (Å²) in [6.07, 6.45) is 1.18. The molecule has 0 saturated carbocycles. The summed E-state index contributed by atoms with van der Waals surface area (Å²) >= 11 is 1.89. The molecule has 0 saturated heterocycles. The predicted molar refractivity (Wildman–Crippen MR) is 78.6 cm³/mol. The highest BCUT2D eigenvalue weighted by molar-refractivity contribution is 7.99. The normalized spacial score (nSPS) is 13.1. The number of nitrogens with one attached hydrogen (secondary N) is 1. The zero-order chi connectivity index (χ0) is 13.0. The van der Waals surface area contributed by atoms with Gasteiger partial charge in [-0.3, -0.25) is 5.84 Å². The fourth-order valence-electron chi connectivity index (χ4n) is 1.91. The van der Waals surface area contributed by atoms with Gasteiger partial charge in [0, 0.05) is 11.1 Å². The summed E-state index contributed by atoms with van der Waals surface area (Å²) in [6.45, 7) is 4.27. The van der Waals surface area contributed by atoms with Crippen molar-refractivity contribution in [2.45, 2.75) is 26.3 Å². The fraction of sp³-hybridized carbons (Fsp3) is 0.429. The monoisotopic (exact) mass is 264 g/mol. The smallest absolute Gasteiger partial charge is 0.134 e. The van der Waals surface area contributed by atoms with Crippen LogP contribution in [0.2, 0.25) is 0 Å². The zero-order valence-electron chi connectivity index (χ0n) is 10.9. The second-order valence-corrected chi connectivity index (χ2v) is 5.63. The van der Waals surface area contributed by atoms with Crippen molar-refractivity contribution >= 4 is 22.7 Å². The summed E-state index contributed by atoms with van der Waals surface area (Å²) in [4.78, 5) is 0. The number of furan rings is 1. The average Bonchev–Trinajstić information content (AvgIpc) is 2.77. The quantitative estimate of drug-likeness (QED) is 0.477. The van der Waals surface area contributed by atoms with Crippen LogP contribution in [0.15, 0.2) is 28.7 Å². The van der Waals surface area contributed by atoms with Crippen LogP contribution in [-0.2, 0) is 0 Å². The molecule has 4 heteroatoms. The van der Waals surface area contributed by atoms with E-state index in [1.54, 1.807) is 0 Å². The maximum atomic E-state index is 5.85. The summed E-state index contributed by atoms with van der Waals surface area (Å²) in [5.74, 6) is 8.62. The molecular weight excluding hydrogens is 244 g/mol. The van der Waals surface area contributed by atoms with Crippen LogP contribution in [0.1, 0.15) is 30.7 Å². The predicted octanol–water partition coefficient (Wildman–Crippen LogP) is 3.39. The summed E-state index contributed by atoms with van der Waals surface area (Å²) in [5, 5.41) is 1.14. The first-order chi connectivity index (χ1) is 8.74. The van der Waals surface area contributed by atoms with Crippen LogP contribution in [0.25, 0.3) is 11.0 Å². The van der Waals surface area contributed by atoms with Crippen molar-refractivity contribution in [2.75, 3.05) is 11.5 Å². The molecule has 0 amide bonds. The molecule has 0 aliphatic heterocycles. The Bertz CT molecular complexity index is 509. The lowest BCUT2D eigenvalue weighted by Crippen LogP contribution is -2.29. The van der Waals surface area contributed by atoms with Crippen LogP contribution in [-0.4, -0.2) is 11.5 Å². The molecular formula is C14H20N2OS. The number of thioether (sulfide) groups is 1. The van der Waals surface area contributed by atoms with Crippen molar-refractivity contribution in [3.8, 4) is 0 Å². The third-order valence-corrected chi connectivity index (χ3v) is 4.13. The molecule has 1 unspecified atom stereocenters. The molecule has 0 fully saturated rings. The van der Waals surface area contributed by atoms with Crippen molar-refractivity contribution in [3.05, 3.63) is 35.6 Å². The third-order valence-electron chi connectivity index (χ3n) is 2.87. The number of benzene rings is 1. The first-order valence-corrected chi connectivity index (χ1v) is 7.44. The summed E-state index contributed by atoms with van der Waals surface area (Å²) in [7, 11) is 0. The molecule has 1 atom stereocenters. The van der Waals surface area contributed by atoms with Gasteiger partial charge >= 0.3 is 0 Å². The topological polar surface area (TPSA) is 51.2 Å². The highest BCUT2D eigenvalue weighted by Crippen LogP contribution is 2.26. The molecule has 0 radical (unpaired) electrons. The summed E-state index contributed by atoms with van der Waals surface area (Å²) < 4.78 is 5.85. The van der Waals surface area contributed by atoms with Gasteiger partial charge in [0.15, 0.2) is 0 Å². The highest BCUT2D eigenvalue weighted by atomic mass is 32.2. The van der Waals surface area contributed by atoms with Crippen LogP contribution in [0.3, 0.4) is 0 Å². The van der Waals surface area contributed by atoms with Gasteiger partial charge in [0.05, 0.1) is 6.04 Å². The zero-order valence-corrected chi connectivity index (χ0v) is 11.7. The number of hydrazine groups is 1. The molecule has 0 aliphatic rings. The maximum absolute atomic E-state index is 5.85. The van der Waals surface area contributed by atoms with Crippen molar-refractivity contribution < 1.29 is 4.42 Å². The first kappa shape index (κ1) is 13.5. The molecule has 0 spiro atoms. The van der Waals surface area contributed by atoms with E-state index in [9.17, 15) is 0 Å². The van der Waals surface area contributed by atoms with Crippen LogP contribution >= 0.6 is 11.8 Å². The third kappa shape index (κ3) is 3.07. The SMILES string of the molecule is CCCSCC(NN)c1cc2cc(C)ccc2o1. The van der Waals surface area contributed by atoms with Gasteiger partial charge < -0.3 is 4.42 Å². The summed E-state index contributed by atoms with van der Waals surface area (Å²) in [5.41, 5.74) is 5.01. The number of nitrogens with two attached hydrogens (primary N) is 1. The lowest BCUT2D eigenvalue weighted by molar-refractivity contribution is 0.464. The number of aryl methyl sites for hydroxylation is 1. The van der Waals surface area contributed by atoms with Gasteiger partial charge in [-0.1, -0.05) is 18.6 Å². The van der Waals surface area contributed by atoms with E-state index in [0.717, 1.165) is 28.2 Å². The van der Waals surface area contributed by atoms with E-state index in [-0.39, 0.29) is 6.04 Å². The van der Waals surface area contributed by atoms with E-state index < -0.39 is 0 Å². The standard InChI is InChI=1S/C14H20N2OS/c1-3-6-18-9-12(16-15)14-8-11-7-10(2)4-5-13(11)17-14/h4-5,7-8,12,16H,3,6,9,15H2,1-2H3. The molecule has 98 valence electrons. The number of hydrogen-bond acceptors (Lipinski definition) is 4. The van der Waals surface area contributed by atoms with Crippen molar-refractivity contribution in [3.63, 3.8) is 0 Å². The molecule has 3 nitrogen and oxygen atoms in total. The molecule has 0 bridgehead atoms. The van der Waals surface area contributed by atoms with Gasteiger partial charge in [-0.05, 0) is 37.3 Å². The van der Waals surface area contributed by atoms with E-state index in [1.165, 1.54) is 12.0 Å². The number of rotatable bonds is 6. The molecule has 1 aromatic heterocycles. The number of hydrogen-bond donors (Lipinski definition) is 2. The lowest BCUT2D eigenvalue weighted by Gasteiger charge is -2.12. The minimum absolute atomic E-state index is 0.0780. The molecule has 0 aliphatic carbocycles. The minimum Gasteiger partial charge on any atom is -0.459 e. The molecule has 1 aromatic carbocycles. The van der Waals surface area contributed by atoms with Gasteiger partial charge in [-0.15, -0.1) is 0 Å². The number of fused-ring (bicyclic) bond motifs is 1. The van der Waals surface area contributed by atoms with Gasteiger partial charge in [0.2, 0.25) is 0 Å². The van der Waals surface area contributed by atoms with E-state index in [2.05, 4.69) is 37.5 Å². The molecule has 1 heterocycles. The van der Waals surface area contributed by atoms with E-state index in [1.807, 2.05) is 17.8 Å². The van der Waals surface area contributed by atoms with Crippen LogP contribution in [0.5, 0.6) is 0 Å². The molecule has 2 aromatic rings. The maximum Gasteiger partial charge on any atom is 0.134 e. The Labute approximate surface area is 112 Å². The first-order valence-electron chi connectivity index (χ1n) is 6.28. The van der Waals surface area contributed by atoms with Crippen LogP contribution < -0.4 is 11.3 Å². The van der Waals surface area contributed by atoms with Gasteiger partial charge in [0.1, 0.15) is 11.3 Å². The second kappa shape index (κ2) is 6.27. The molecule has 3 N–H and O–H groups in total. The molecule has 2 rings (SSSR count). The van der Waals surface area contributed by atoms with Crippen molar-refractivity contribution in [1.82, 2.24) is 5.43 Å². The van der Waals surface area contributed by atoms with E-state index >= 15 is 0 Å². The highest BCUT2D eigenvalue weighted by Gasteiger charge is 2.14. The summed E-state index contributed by atoms with van der Waals surface area (Å²) in [6, 6.07) is 8.37. The van der Waals surface area contributed by atoms with Gasteiger partial charge in [0.25, 0.3) is 0 Å². The Balaban J connectivity index is 2.17. The second-order valence-electron chi connectivity index (χ2n) is 4.48. The van der Waals surface area contributed by atoms with E-state index in [4.69, 9.17) is 10.3 Å².